The van der Waals surface area contributed by atoms with Crippen LogP contribution in [-0.4, -0.2) is 36.9 Å². The van der Waals surface area contributed by atoms with E-state index in [9.17, 15) is 4.79 Å². The molecule has 2 rings (SSSR count). The van der Waals surface area contributed by atoms with E-state index in [4.69, 9.17) is 5.73 Å². The lowest BCUT2D eigenvalue weighted by Gasteiger charge is -2.20. The zero-order chi connectivity index (χ0) is 15.4. The highest BCUT2D eigenvalue weighted by Crippen LogP contribution is 2.17. The summed E-state index contributed by atoms with van der Waals surface area (Å²) in [6.07, 6.45) is 1.66. The number of pyridine rings is 1. The van der Waals surface area contributed by atoms with Crippen molar-refractivity contribution in [3.05, 3.63) is 53.9 Å². The minimum atomic E-state index is -0.0993. The predicted octanol–water partition coefficient (Wildman–Crippen LogP) is 2.00. The Hall–Kier alpha value is -2.56. The molecule has 110 valence electrons. The molecular weight excluding hydrogens is 264 g/mol. The van der Waals surface area contributed by atoms with Gasteiger partial charge in [0.25, 0.3) is 5.91 Å². The zero-order valence-electron chi connectivity index (χ0n) is 12.6. The Morgan fingerprint density at radius 1 is 1.14 bits per heavy atom. The molecule has 1 aromatic heterocycles. The van der Waals surface area contributed by atoms with Gasteiger partial charge in [0.2, 0.25) is 0 Å². The Balaban J connectivity index is 2.15. The fourth-order valence-corrected chi connectivity index (χ4v) is 1.99. The molecule has 0 saturated carbocycles. The highest BCUT2D eigenvalue weighted by atomic mass is 16.2. The first-order valence-corrected chi connectivity index (χ1v) is 6.70. The summed E-state index contributed by atoms with van der Waals surface area (Å²) in [6, 6.07) is 11.5. The maximum Gasteiger partial charge on any atom is 0.272 e. The summed E-state index contributed by atoms with van der Waals surface area (Å²) >= 11 is 0. The maximum absolute atomic E-state index is 11.9. The number of nitrogen functional groups attached to an aromatic ring is 1. The van der Waals surface area contributed by atoms with Crippen molar-refractivity contribution >= 4 is 17.3 Å². The first kappa shape index (κ1) is 14.8. The lowest BCUT2D eigenvalue weighted by molar-refractivity contribution is 0.0822. The Labute approximate surface area is 125 Å². The summed E-state index contributed by atoms with van der Waals surface area (Å²) in [5.74, 6) is -0.0993. The van der Waals surface area contributed by atoms with E-state index in [1.165, 1.54) is 4.90 Å². The quantitative estimate of drug-likeness (QED) is 0.872. The molecule has 1 aromatic carbocycles. The minimum Gasteiger partial charge on any atom is -0.399 e. The number of hydrogen-bond acceptors (Lipinski definition) is 4. The third-order valence-corrected chi connectivity index (χ3v) is 3.21. The fraction of sp³-hybridized carbons (Fsp3) is 0.250. The molecular formula is C16H20N4O. The van der Waals surface area contributed by atoms with Gasteiger partial charge in [0, 0.05) is 45.3 Å². The molecule has 0 radical (unpaired) electrons. The van der Waals surface area contributed by atoms with Crippen molar-refractivity contribution in [2.24, 2.45) is 0 Å². The van der Waals surface area contributed by atoms with Gasteiger partial charge in [-0.1, -0.05) is 12.1 Å². The minimum absolute atomic E-state index is 0.0993. The molecule has 5 heteroatoms. The summed E-state index contributed by atoms with van der Waals surface area (Å²) in [7, 11) is 5.42. The van der Waals surface area contributed by atoms with Crippen molar-refractivity contribution in [1.29, 1.82) is 0 Å². The summed E-state index contributed by atoms with van der Waals surface area (Å²) in [5.41, 5.74) is 8.99. The van der Waals surface area contributed by atoms with E-state index in [0.29, 0.717) is 5.69 Å². The molecule has 0 aliphatic carbocycles. The Bertz CT molecular complexity index is 622. The highest BCUT2D eigenvalue weighted by Gasteiger charge is 2.11. The molecule has 1 amide bonds. The van der Waals surface area contributed by atoms with Crippen molar-refractivity contribution in [1.82, 2.24) is 9.88 Å². The smallest absolute Gasteiger partial charge is 0.272 e. The van der Waals surface area contributed by atoms with Crippen LogP contribution >= 0.6 is 0 Å². The number of hydrogen-bond donors (Lipinski definition) is 1. The molecule has 2 N–H and O–H groups in total. The lowest BCUT2D eigenvalue weighted by atomic mass is 10.2. The van der Waals surface area contributed by atoms with Crippen molar-refractivity contribution in [2.75, 3.05) is 31.8 Å². The first-order chi connectivity index (χ1) is 9.97. The molecule has 2 aromatic rings. The second kappa shape index (κ2) is 6.26. The summed E-state index contributed by atoms with van der Waals surface area (Å²) in [4.78, 5) is 19.7. The maximum atomic E-state index is 11.9. The monoisotopic (exact) mass is 284 g/mol. The Kier molecular flexibility index (Phi) is 4.42. The molecule has 0 unspecified atom stereocenters. The molecule has 0 aliphatic heterocycles. The van der Waals surface area contributed by atoms with E-state index < -0.39 is 0 Å². The lowest BCUT2D eigenvalue weighted by Crippen LogP contribution is -2.23. The second-order valence-electron chi connectivity index (χ2n) is 5.20. The van der Waals surface area contributed by atoms with Crippen LogP contribution in [-0.2, 0) is 6.54 Å². The van der Waals surface area contributed by atoms with Crippen LogP contribution in [0, 0.1) is 0 Å². The number of carbonyl (C=O) groups excluding carboxylic acids is 1. The highest BCUT2D eigenvalue weighted by molar-refractivity contribution is 5.92. The van der Waals surface area contributed by atoms with Gasteiger partial charge >= 0.3 is 0 Å². The fourth-order valence-electron chi connectivity index (χ4n) is 1.99. The molecule has 0 saturated heterocycles. The molecule has 0 bridgehead atoms. The van der Waals surface area contributed by atoms with Crippen LogP contribution in [0.2, 0.25) is 0 Å². The molecule has 0 fully saturated rings. The number of carbonyl (C=O) groups is 1. The van der Waals surface area contributed by atoms with Gasteiger partial charge in [-0.25, -0.2) is 0 Å². The van der Waals surface area contributed by atoms with Gasteiger partial charge in [-0.3, -0.25) is 9.78 Å². The van der Waals surface area contributed by atoms with Gasteiger partial charge in [0.15, 0.2) is 0 Å². The van der Waals surface area contributed by atoms with Crippen molar-refractivity contribution in [3.8, 4) is 0 Å². The van der Waals surface area contributed by atoms with E-state index in [1.54, 1.807) is 26.4 Å². The number of rotatable bonds is 4. The van der Waals surface area contributed by atoms with E-state index in [1.807, 2.05) is 37.4 Å². The van der Waals surface area contributed by atoms with Crippen LogP contribution in [0.15, 0.2) is 42.6 Å². The van der Waals surface area contributed by atoms with Crippen molar-refractivity contribution < 1.29 is 4.79 Å². The van der Waals surface area contributed by atoms with E-state index in [2.05, 4.69) is 9.88 Å². The Morgan fingerprint density at radius 3 is 2.43 bits per heavy atom. The molecule has 0 spiro atoms. The third kappa shape index (κ3) is 3.72. The number of aromatic nitrogens is 1. The molecule has 0 atom stereocenters. The summed E-state index contributed by atoms with van der Waals surface area (Å²) < 4.78 is 0. The van der Waals surface area contributed by atoms with Gasteiger partial charge in [0.05, 0.1) is 0 Å². The average molecular weight is 284 g/mol. The van der Waals surface area contributed by atoms with Gasteiger partial charge in [0.1, 0.15) is 5.69 Å². The molecule has 0 aliphatic rings. The number of nitrogens with two attached hydrogens (primary N) is 1. The zero-order valence-corrected chi connectivity index (χ0v) is 12.6. The molecule has 21 heavy (non-hydrogen) atoms. The summed E-state index contributed by atoms with van der Waals surface area (Å²) in [5, 5.41) is 0. The number of benzene rings is 1. The Morgan fingerprint density at radius 2 is 1.81 bits per heavy atom. The topological polar surface area (TPSA) is 62.5 Å². The largest absolute Gasteiger partial charge is 0.399 e. The van der Waals surface area contributed by atoms with Gasteiger partial charge in [-0.05, 0) is 29.8 Å². The average Bonchev–Trinajstić information content (AvgIpc) is 2.48. The van der Waals surface area contributed by atoms with Gasteiger partial charge < -0.3 is 15.5 Å². The van der Waals surface area contributed by atoms with Gasteiger partial charge in [-0.15, -0.1) is 0 Å². The second-order valence-corrected chi connectivity index (χ2v) is 5.20. The van der Waals surface area contributed by atoms with Crippen LogP contribution in [0.3, 0.4) is 0 Å². The molecule has 5 nitrogen and oxygen atoms in total. The van der Waals surface area contributed by atoms with Crippen LogP contribution < -0.4 is 10.6 Å². The van der Waals surface area contributed by atoms with Crippen LogP contribution in [0.1, 0.15) is 16.1 Å². The standard InChI is InChI=1S/C16H20N4O/c1-19(2)16(21)15-10-14(8-9-18-15)20(3)11-12-4-6-13(17)7-5-12/h4-10H,11,17H2,1-3H3. The normalized spacial score (nSPS) is 10.2. The molecule has 1 heterocycles. The number of nitrogens with zero attached hydrogens (tertiary/aromatic N) is 3. The summed E-state index contributed by atoms with van der Waals surface area (Å²) in [6.45, 7) is 0.736. The van der Waals surface area contributed by atoms with Crippen LogP contribution in [0.5, 0.6) is 0 Å². The third-order valence-electron chi connectivity index (χ3n) is 3.21. The van der Waals surface area contributed by atoms with Crippen LogP contribution in [0.25, 0.3) is 0 Å². The van der Waals surface area contributed by atoms with Crippen molar-refractivity contribution in [3.63, 3.8) is 0 Å². The first-order valence-electron chi connectivity index (χ1n) is 6.70. The van der Waals surface area contributed by atoms with Gasteiger partial charge in [-0.2, -0.15) is 0 Å². The number of amides is 1. The van der Waals surface area contributed by atoms with E-state index >= 15 is 0 Å². The van der Waals surface area contributed by atoms with Crippen molar-refractivity contribution in [2.45, 2.75) is 6.54 Å². The SMILES string of the molecule is CN(C)C(=O)c1cc(N(C)Cc2ccc(N)cc2)ccn1. The van der Waals surface area contributed by atoms with Crippen LogP contribution in [0.4, 0.5) is 11.4 Å². The van der Waals surface area contributed by atoms with E-state index in [0.717, 1.165) is 23.5 Å². The van der Waals surface area contributed by atoms with E-state index in [-0.39, 0.29) is 5.91 Å². The predicted molar refractivity (Wildman–Crippen MR) is 85.2 cm³/mol. The number of anilines is 2.